The number of amides is 1. The van der Waals surface area contributed by atoms with Crippen LogP contribution in [0.4, 0.5) is 0 Å². The maximum Gasteiger partial charge on any atom is 0.220 e. The zero-order chi connectivity index (χ0) is 46.3. The molecular weight excluding hydrogens is 783 g/mol. The van der Waals surface area contributed by atoms with Gasteiger partial charge < -0.3 is 15.5 Å². The summed E-state index contributed by atoms with van der Waals surface area (Å²) in [7, 11) is 0. The normalized spacial score (nSPS) is 13.8. The van der Waals surface area contributed by atoms with Crippen molar-refractivity contribution in [2.75, 3.05) is 6.61 Å². The van der Waals surface area contributed by atoms with E-state index in [1.54, 1.807) is 6.08 Å². The molecule has 0 rings (SSSR count). The van der Waals surface area contributed by atoms with Crippen LogP contribution in [0, 0.1) is 0 Å². The number of hydrogen-bond acceptors (Lipinski definition) is 3. The number of unbranched alkanes of at least 4 members (excludes halogenated alkanes) is 25. The van der Waals surface area contributed by atoms with Crippen LogP contribution in [0.2, 0.25) is 0 Å². The topological polar surface area (TPSA) is 69.6 Å². The summed E-state index contributed by atoms with van der Waals surface area (Å²) < 4.78 is 0. The molecule has 0 saturated heterocycles. The number of allylic oxidation sites excluding steroid dienone is 17. The SMILES string of the molecule is CC/C=C\C/C=C\C/C=C\C/C=C\C/C=C\C/C=C\CCCCC(=O)NC(CO)C(O)/C=C/CC/C=C/CC/C=C/CCCCCCCCCCCCCCCCCCCCCCC. The first-order valence-corrected chi connectivity index (χ1v) is 27.1. The summed E-state index contributed by atoms with van der Waals surface area (Å²) in [5.41, 5.74) is 0. The first-order chi connectivity index (χ1) is 31.7. The number of carbonyl (C=O) groups excluding carboxylic acids is 1. The molecule has 4 nitrogen and oxygen atoms in total. The van der Waals surface area contributed by atoms with Gasteiger partial charge in [-0.15, -0.1) is 0 Å². The van der Waals surface area contributed by atoms with Gasteiger partial charge in [-0.3, -0.25) is 4.79 Å². The van der Waals surface area contributed by atoms with Crippen molar-refractivity contribution in [1.82, 2.24) is 5.32 Å². The Balaban J connectivity index is 3.66. The van der Waals surface area contributed by atoms with Gasteiger partial charge in [-0.05, 0) is 96.3 Å². The summed E-state index contributed by atoms with van der Waals surface area (Å²) in [6.45, 7) is 4.17. The quantitative estimate of drug-likeness (QED) is 0.0421. The Morgan fingerprint density at radius 2 is 0.703 bits per heavy atom. The van der Waals surface area contributed by atoms with Gasteiger partial charge in [0.05, 0.1) is 18.8 Å². The predicted octanol–water partition coefficient (Wildman–Crippen LogP) is 17.9. The molecule has 0 saturated carbocycles. The van der Waals surface area contributed by atoms with Gasteiger partial charge in [0.25, 0.3) is 0 Å². The second-order valence-electron chi connectivity index (χ2n) is 17.9. The zero-order valence-corrected chi connectivity index (χ0v) is 42.0. The van der Waals surface area contributed by atoms with Crippen LogP contribution in [-0.4, -0.2) is 34.9 Å². The molecular formula is C60H103NO3. The summed E-state index contributed by atoms with van der Waals surface area (Å²) in [6, 6.07) is -0.678. The van der Waals surface area contributed by atoms with E-state index in [4.69, 9.17) is 0 Å². The van der Waals surface area contributed by atoms with E-state index >= 15 is 0 Å². The van der Waals surface area contributed by atoms with E-state index in [0.717, 1.165) is 83.5 Å². The molecule has 0 fully saturated rings. The van der Waals surface area contributed by atoms with E-state index in [1.807, 2.05) is 6.08 Å². The van der Waals surface area contributed by atoms with Gasteiger partial charge in [0, 0.05) is 6.42 Å². The van der Waals surface area contributed by atoms with Gasteiger partial charge in [0.2, 0.25) is 5.91 Å². The fourth-order valence-corrected chi connectivity index (χ4v) is 7.63. The highest BCUT2D eigenvalue weighted by Crippen LogP contribution is 2.16. The Hall–Kier alpha value is -2.95. The lowest BCUT2D eigenvalue weighted by Gasteiger charge is -2.19. The van der Waals surface area contributed by atoms with Crippen molar-refractivity contribution >= 4 is 5.91 Å². The van der Waals surface area contributed by atoms with Gasteiger partial charge >= 0.3 is 0 Å². The highest BCUT2D eigenvalue weighted by Gasteiger charge is 2.17. The Morgan fingerprint density at radius 3 is 1.09 bits per heavy atom. The number of rotatable bonds is 48. The Bertz CT molecular complexity index is 1230. The Labute approximate surface area is 397 Å². The summed E-state index contributed by atoms with van der Waals surface area (Å²) in [4.78, 5) is 12.4. The third kappa shape index (κ3) is 50.1. The minimum Gasteiger partial charge on any atom is -0.394 e. The zero-order valence-electron chi connectivity index (χ0n) is 42.0. The minimum atomic E-state index is -0.898. The van der Waals surface area contributed by atoms with Crippen LogP contribution in [0.1, 0.15) is 245 Å². The minimum absolute atomic E-state index is 0.123. The molecule has 0 aliphatic rings. The van der Waals surface area contributed by atoms with Crippen LogP contribution in [-0.2, 0) is 4.79 Å². The average molecular weight is 886 g/mol. The van der Waals surface area contributed by atoms with E-state index in [1.165, 1.54) is 141 Å². The average Bonchev–Trinajstić information content (AvgIpc) is 3.30. The smallest absolute Gasteiger partial charge is 0.220 e. The molecule has 0 bridgehead atoms. The van der Waals surface area contributed by atoms with Crippen LogP contribution in [0.25, 0.3) is 0 Å². The highest BCUT2D eigenvalue weighted by atomic mass is 16.3. The molecule has 2 unspecified atom stereocenters. The van der Waals surface area contributed by atoms with Gasteiger partial charge in [-0.1, -0.05) is 252 Å². The lowest BCUT2D eigenvalue weighted by atomic mass is 10.0. The summed E-state index contributed by atoms with van der Waals surface area (Å²) in [5.74, 6) is -0.123. The summed E-state index contributed by atoms with van der Waals surface area (Å²) in [6.07, 6.45) is 82.5. The van der Waals surface area contributed by atoms with Crippen LogP contribution in [0.5, 0.6) is 0 Å². The van der Waals surface area contributed by atoms with E-state index in [0.29, 0.717) is 6.42 Å². The van der Waals surface area contributed by atoms with Crippen molar-refractivity contribution < 1.29 is 15.0 Å². The fourth-order valence-electron chi connectivity index (χ4n) is 7.63. The van der Waals surface area contributed by atoms with E-state index < -0.39 is 12.1 Å². The molecule has 0 heterocycles. The summed E-state index contributed by atoms with van der Waals surface area (Å²) >= 11 is 0. The van der Waals surface area contributed by atoms with Crippen LogP contribution >= 0.6 is 0 Å². The van der Waals surface area contributed by atoms with E-state index in [2.05, 4.69) is 116 Å². The summed E-state index contributed by atoms with van der Waals surface area (Å²) in [5, 5.41) is 23.1. The van der Waals surface area contributed by atoms with Crippen molar-refractivity contribution in [3.63, 3.8) is 0 Å². The van der Waals surface area contributed by atoms with E-state index in [-0.39, 0.29) is 12.5 Å². The Morgan fingerprint density at radius 1 is 0.391 bits per heavy atom. The molecule has 4 heteroatoms. The number of nitrogens with one attached hydrogen (secondary N) is 1. The third-order valence-corrected chi connectivity index (χ3v) is 11.7. The molecule has 0 aliphatic carbocycles. The highest BCUT2D eigenvalue weighted by molar-refractivity contribution is 5.76. The maximum atomic E-state index is 12.4. The van der Waals surface area contributed by atoms with Crippen LogP contribution in [0.15, 0.2) is 109 Å². The van der Waals surface area contributed by atoms with Gasteiger partial charge in [-0.2, -0.15) is 0 Å². The first-order valence-electron chi connectivity index (χ1n) is 27.1. The first kappa shape index (κ1) is 61.1. The Kier molecular flexibility index (Phi) is 51.9. The monoisotopic (exact) mass is 886 g/mol. The molecule has 0 spiro atoms. The van der Waals surface area contributed by atoms with Crippen molar-refractivity contribution in [2.45, 2.75) is 257 Å². The largest absolute Gasteiger partial charge is 0.394 e. The number of aliphatic hydroxyl groups is 2. The van der Waals surface area contributed by atoms with Crippen LogP contribution < -0.4 is 5.32 Å². The number of hydrogen-bond donors (Lipinski definition) is 3. The molecule has 0 aliphatic heterocycles. The number of aliphatic hydroxyl groups excluding tert-OH is 2. The van der Waals surface area contributed by atoms with Crippen molar-refractivity contribution in [1.29, 1.82) is 0 Å². The fraction of sp³-hybridized carbons (Fsp3) is 0.683. The lowest BCUT2D eigenvalue weighted by Crippen LogP contribution is -2.45. The molecule has 1 amide bonds. The molecule has 2 atom stereocenters. The predicted molar refractivity (Wildman–Crippen MR) is 285 cm³/mol. The van der Waals surface area contributed by atoms with Gasteiger partial charge in [-0.25, -0.2) is 0 Å². The standard InChI is InChI=1S/C60H103NO3/c1-3-5-7-9-11-13-15-17-19-21-23-25-26-27-28-29-30-31-32-33-34-36-37-39-41-43-45-47-49-51-53-55-59(63)58(57-62)61-60(64)56-54-52-50-48-46-44-42-40-38-35-24-22-20-18-16-14-12-10-8-6-4-2/h6,8,12,14,18,20,24,35,37,39-40,42,45-48,53,55,58-59,62-63H,3-5,7,9-11,13,15-17,19,21-23,25-34,36,38,41,43-44,49-52,54,56-57H2,1-2H3,(H,61,64)/b8-6-,14-12-,20-18-,35-24-,39-37+,42-40-,47-45+,48-46-,55-53+. The second kappa shape index (κ2) is 54.4. The van der Waals surface area contributed by atoms with Crippen LogP contribution in [0.3, 0.4) is 0 Å². The molecule has 366 valence electrons. The van der Waals surface area contributed by atoms with E-state index in [9.17, 15) is 15.0 Å². The lowest BCUT2D eigenvalue weighted by molar-refractivity contribution is -0.123. The maximum absolute atomic E-state index is 12.4. The van der Waals surface area contributed by atoms with Gasteiger partial charge in [0.1, 0.15) is 0 Å². The third-order valence-electron chi connectivity index (χ3n) is 11.7. The molecule has 0 radical (unpaired) electrons. The van der Waals surface area contributed by atoms with Crippen molar-refractivity contribution in [3.8, 4) is 0 Å². The molecule has 0 aromatic heterocycles. The van der Waals surface area contributed by atoms with Crippen molar-refractivity contribution in [3.05, 3.63) is 109 Å². The van der Waals surface area contributed by atoms with Crippen molar-refractivity contribution in [2.24, 2.45) is 0 Å². The molecule has 3 N–H and O–H groups in total. The molecule has 0 aromatic carbocycles. The van der Waals surface area contributed by atoms with Gasteiger partial charge in [0.15, 0.2) is 0 Å². The molecule has 0 aromatic rings. The molecule has 64 heavy (non-hydrogen) atoms. The number of carbonyl (C=O) groups is 1. The second-order valence-corrected chi connectivity index (χ2v) is 17.9.